The van der Waals surface area contributed by atoms with Gasteiger partial charge in [-0.1, -0.05) is 0 Å². The molecule has 2 aliphatic heterocycles. The fourth-order valence-electron chi connectivity index (χ4n) is 2.55. The third-order valence-electron chi connectivity index (χ3n) is 3.47. The van der Waals surface area contributed by atoms with Crippen LogP contribution >= 0.6 is 54.5 Å². The Kier molecular flexibility index (Phi) is 4.71. The first-order valence-corrected chi connectivity index (χ1v) is 10.1. The van der Waals surface area contributed by atoms with Crippen molar-refractivity contribution in [3.8, 4) is 11.1 Å². The molecule has 0 amide bonds. The molecule has 0 radical (unpaired) electrons. The Hall–Kier alpha value is 0.200. The molecule has 118 valence electrons. The topological polar surface area (TPSA) is 36.9 Å². The van der Waals surface area contributed by atoms with E-state index in [1.165, 1.54) is 0 Å². The predicted molar refractivity (Wildman–Crippen MR) is 92.3 cm³/mol. The van der Waals surface area contributed by atoms with Crippen LogP contribution in [0.1, 0.15) is 22.3 Å². The number of thiophene rings is 2. The molecule has 4 rings (SSSR count). The van der Waals surface area contributed by atoms with Crippen LogP contribution in [0.15, 0.2) is 19.7 Å². The Balaban J connectivity index is 1.81. The van der Waals surface area contributed by atoms with Crippen LogP contribution in [0, 0.1) is 0 Å². The molecule has 22 heavy (non-hydrogen) atoms. The first kappa shape index (κ1) is 15.7. The van der Waals surface area contributed by atoms with Crippen LogP contribution < -0.4 is 0 Å². The van der Waals surface area contributed by atoms with E-state index in [0.29, 0.717) is 26.4 Å². The molecule has 2 aromatic heterocycles. The quantitative estimate of drug-likeness (QED) is 0.629. The lowest BCUT2D eigenvalue weighted by molar-refractivity contribution is -0.0423. The highest BCUT2D eigenvalue weighted by molar-refractivity contribution is 9.11. The Bertz CT molecular complexity index is 614. The van der Waals surface area contributed by atoms with Gasteiger partial charge in [0.1, 0.15) is 0 Å². The molecule has 0 bridgehead atoms. The number of hydrogen-bond donors (Lipinski definition) is 0. The summed E-state index contributed by atoms with van der Waals surface area (Å²) in [4.78, 5) is 2.14. The largest absolute Gasteiger partial charge is 0.345 e. The van der Waals surface area contributed by atoms with Crippen LogP contribution in [0.2, 0.25) is 0 Å². The first-order chi connectivity index (χ1) is 10.8. The Labute approximate surface area is 152 Å². The SMILES string of the molecule is Brc1csc(C2OCCO2)c1-c1c(Br)csc1C1OCCO1. The van der Waals surface area contributed by atoms with E-state index < -0.39 is 0 Å². The van der Waals surface area contributed by atoms with Gasteiger partial charge in [-0.25, -0.2) is 0 Å². The van der Waals surface area contributed by atoms with E-state index in [4.69, 9.17) is 18.9 Å². The van der Waals surface area contributed by atoms with Crippen LogP contribution in [-0.4, -0.2) is 26.4 Å². The molecule has 0 spiro atoms. The van der Waals surface area contributed by atoms with Crippen molar-refractivity contribution < 1.29 is 18.9 Å². The second-order valence-corrected chi connectivity index (χ2v) is 8.32. The molecule has 2 aliphatic rings. The molecule has 0 aliphatic carbocycles. The van der Waals surface area contributed by atoms with Crippen molar-refractivity contribution in [3.05, 3.63) is 29.5 Å². The van der Waals surface area contributed by atoms with Crippen molar-refractivity contribution in [2.45, 2.75) is 12.6 Å². The van der Waals surface area contributed by atoms with Gasteiger partial charge in [0.2, 0.25) is 0 Å². The minimum absolute atomic E-state index is 0.295. The average molecular weight is 468 g/mol. The van der Waals surface area contributed by atoms with Crippen LogP contribution in [-0.2, 0) is 18.9 Å². The Morgan fingerprint density at radius 1 is 0.727 bits per heavy atom. The third kappa shape index (κ3) is 2.73. The zero-order valence-electron chi connectivity index (χ0n) is 11.3. The second kappa shape index (κ2) is 6.60. The number of halogens is 2. The summed E-state index contributed by atoms with van der Waals surface area (Å²) in [7, 11) is 0. The summed E-state index contributed by atoms with van der Waals surface area (Å²) >= 11 is 10.6. The molecule has 0 aromatic carbocycles. The summed E-state index contributed by atoms with van der Waals surface area (Å²) in [6, 6.07) is 0. The predicted octanol–water partition coefficient (Wildman–Crippen LogP) is 5.09. The van der Waals surface area contributed by atoms with Crippen molar-refractivity contribution in [2.24, 2.45) is 0 Å². The molecule has 8 heteroatoms. The van der Waals surface area contributed by atoms with Gasteiger partial charge in [0.15, 0.2) is 12.6 Å². The summed E-state index contributed by atoms with van der Waals surface area (Å²) in [5, 5.41) is 4.14. The van der Waals surface area contributed by atoms with Gasteiger partial charge in [-0.2, -0.15) is 0 Å². The van der Waals surface area contributed by atoms with Crippen LogP contribution in [0.25, 0.3) is 11.1 Å². The van der Waals surface area contributed by atoms with E-state index in [0.717, 1.165) is 29.8 Å². The smallest absolute Gasteiger partial charge is 0.193 e. The molecule has 0 unspecified atom stereocenters. The van der Waals surface area contributed by atoms with E-state index in [1.807, 2.05) is 0 Å². The standard InChI is InChI=1S/C14H12Br2O4S2/c15-7-5-21-11(13-17-1-2-18-13)9(7)10-8(16)6-22-12(10)14-19-3-4-20-14/h5-6,13-14H,1-4H2. The van der Waals surface area contributed by atoms with E-state index in [-0.39, 0.29) is 12.6 Å². The van der Waals surface area contributed by atoms with Gasteiger partial charge in [0.05, 0.1) is 36.2 Å². The molecule has 2 fully saturated rings. The maximum atomic E-state index is 5.69. The zero-order valence-corrected chi connectivity index (χ0v) is 16.1. The summed E-state index contributed by atoms with van der Waals surface area (Å²) in [6.07, 6.45) is -0.590. The normalized spacial score (nSPS) is 20.3. The van der Waals surface area contributed by atoms with Crippen molar-refractivity contribution in [2.75, 3.05) is 26.4 Å². The van der Waals surface area contributed by atoms with E-state index in [9.17, 15) is 0 Å². The monoisotopic (exact) mass is 466 g/mol. The summed E-state index contributed by atoms with van der Waals surface area (Å²) in [6.45, 7) is 2.52. The van der Waals surface area contributed by atoms with Gasteiger partial charge in [-0.3, -0.25) is 0 Å². The Morgan fingerprint density at radius 3 is 1.45 bits per heavy atom. The molecule has 4 nitrogen and oxygen atoms in total. The van der Waals surface area contributed by atoms with E-state index in [1.54, 1.807) is 22.7 Å². The van der Waals surface area contributed by atoms with Crippen molar-refractivity contribution in [1.82, 2.24) is 0 Å². The van der Waals surface area contributed by atoms with Gasteiger partial charge >= 0.3 is 0 Å². The number of ether oxygens (including phenoxy) is 4. The zero-order chi connectivity index (χ0) is 15.1. The molecule has 0 atom stereocenters. The fourth-order valence-corrected chi connectivity index (χ4v) is 6.05. The van der Waals surface area contributed by atoms with Crippen molar-refractivity contribution in [1.29, 1.82) is 0 Å². The average Bonchev–Trinajstić information content (AvgIpc) is 3.23. The van der Waals surface area contributed by atoms with Crippen molar-refractivity contribution in [3.63, 3.8) is 0 Å². The first-order valence-electron chi connectivity index (χ1n) is 6.76. The van der Waals surface area contributed by atoms with Gasteiger partial charge in [0, 0.05) is 30.8 Å². The van der Waals surface area contributed by atoms with Gasteiger partial charge in [-0.15, -0.1) is 22.7 Å². The third-order valence-corrected chi connectivity index (χ3v) is 7.34. The molecular formula is C14H12Br2O4S2. The number of rotatable bonds is 3. The molecular weight excluding hydrogens is 456 g/mol. The highest BCUT2D eigenvalue weighted by Crippen LogP contribution is 2.50. The lowest BCUT2D eigenvalue weighted by Crippen LogP contribution is -2.01. The van der Waals surface area contributed by atoms with Crippen LogP contribution in [0.5, 0.6) is 0 Å². The molecule has 4 heterocycles. The summed E-state index contributed by atoms with van der Waals surface area (Å²) < 4.78 is 24.8. The van der Waals surface area contributed by atoms with E-state index in [2.05, 4.69) is 42.6 Å². The molecule has 2 saturated heterocycles. The highest BCUT2D eigenvalue weighted by atomic mass is 79.9. The van der Waals surface area contributed by atoms with Gasteiger partial charge < -0.3 is 18.9 Å². The molecule has 0 N–H and O–H groups in total. The van der Waals surface area contributed by atoms with Crippen molar-refractivity contribution >= 4 is 54.5 Å². The number of hydrogen-bond acceptors (Lipinski definition) is 6. The second-order valence-electron chi connectivity index (χ2n) is 4.79. The fraction of sp³-hybridized carbons (Fsp3) is 0.429. The Morgan fingerprint density at radius 2 is 1.09 bits per heavy atom. The maximum absolute atomic E-state index is 5.69. The van der Waals surface area contributed by atoms with Gasteiger partial charge in [0.25, 0.3) is 0 Å². The lowest BCUT2D eigenvalue weighted by Gasteiger charge is -2.14. The highest BCUT2D eigenvalue weighted by Gasteiger charge is 2.31. The van der Waals surface area contributed by atoms with Gasteiger partial charge in [-0.05, 0) is 31.9 Å². The summed E-state index contributed by atoms with van der Waals surface area (Å²) in [5.74, 6) is 0. The minimum Gasteiger partial charge on any atom is -0.345 e. The van der Waals surface area contributed by atoms with E-state index >= 15 is 0 Å². The lowest BCUT2D eigenvalue weighted by atomic mass is 10.1. The summed E-state index contributed by atoms with van der Waals surface area (Å²) in [5.41, 5.74) is 2.19. The molecule has 0 saturated carbocycles. The molecule has 2 aromatic rings. The maximum Gasteiger partial charge on any atom is 0.193 e. The van der Waals surface area contributed by atoms with Crippen LogP contribution in [0.4, 0.5) is 0 Å². The minimum atomic E-state index is -0.295. The van der Waals surface area contributed by atoms with Crippen LogP contribution in [0.3, 0.4) is 0 Å².